The van der Waals surface area contributed by atoms with Crippen molar-refractivity contribution in [2.75, 3.05) is 39.3 Å². The summed E-state index contributed by atoms with van der Waals surface area (Å²) in [7, 11) is 0. The molecule has 3 heteroatoms. The van der Waals surface area contributed by atoms with Crippen LogP contribution in [0.4, 0.5) is 0 Å². The molecule has 0 aromatic heterocycles. The molecule has 1 spiro atoms. The Hall–Kier alpha value is -0.900. The molecule has 0 unspecified atom stereocenters. The molecule has 0 N–H and O–H groups in total. The second kappa shape index (κ2) is 6.92. The van der Waals surface area contributed by atoms with E-state index in [4.69, 9.17) is 4.74 Å². The Morgan fingerprint density at radius 1 is 1.04 bits per heavy atom. The van der Waals surface area contributed by atoms with Gasteiger partial charge in [0.2, 0.25) is 0 Å². The summed E-state index contributed by atoms with van der Waals surface area (Å²) in [6, 6.07) is 10.9. The van der Waals surface area contributed by atoms with Gasteiger partial charge in [-0.25, -0.2) is 0 Å². The average Bonchev–Trinajstić information content (AvgIpc) is 3.19. The van der Waals surface area contributed by atoms with Crippen molar-refractivity contribution in [1.29, 1.82) is 0 Å². The SMILES string of the molecule is c1ccc(CN2CC[C@@H](CN3CCOC4(CCCC4)C3)C2)cc1. The molecule has 1 saturated carbocycles. The van der Waals surface area contributed by atoms with Crippen molar-refractivity contribution in [3.8, 4) is 0 Å². The number of likely N-dealkylation sites (tertiary alicyclic amines) is 1. The second-order valence-electron chi connectivity index (χ2n) is 7.85. The quantitative estimate of drug-likeness (QED) is 0.849. The average molecular weight is 314 g/mol. The second-order valence-corrected chi connectivity index (χ2v) is 7.85. The van der Waals surface area contributed by atoms with Crippen molar-refractivity contribution >= 4 is 0 Å². The van der Waals surface area contributed by atoms with Crippen LogP contribution in [-0.4, -0.2) is 54.7 Å². The lowest BCUT2D eigenvalue weighted by molar-refractivity contribution is -0.107. The fourth-order valence-corrected chi connectivity index (χ4v) is 4.81. The highest BCUT2D eigenvalue weighted by molar-refractivity contribution is 5.14. The van der Waals surface area contributed by atoms with E-state index in [1.807, 2.05) is 0 Å². The van der Waals surface area contributed by atoms with Crippen LogP contribution in [0.1, 0.15) is 37.7 Å². The van der Waals surface area contributed by atoms with Crippen molar-refractivity contribution in [2.24, 2.45) is 5.92 Å². The van der Waals surface area contributed by atoms with Crippen molar-refractivity contribution in [2.45, 2.75) is 44.2 Å². The Morgan fingerprint density at radius 3 is 2.70 bits per heavy atom. The Kier molecular flexibility index (Phi) is 4.70. The number of ether oxygens (including phenoxy) is 1. The summed E-state index contributed by atoms with van der Waals surface area (Å²) in [5.41, 5.74) is 1.67. The van der Waals surface area contributed by atoms with Gasteiger partial charge in [-0.15, -0.1) is 0 Å². The van der Waals surface area contributed by atoms with Gasteiger partial charge in [-0.05, 0) is 37.3 Å². The standard InChI is InChI=1S/C20H30N2O/c1-2-6-18(7-3-1)14-21-11-8-19(15-21)16-22-12-13-23-20(17-22)9-4-5-10-20/h1-3,6-7,19H,4-5,8-17H2/t19-/m1/s1. The fourth-order valence-electron chi connectivity index (χ4n) is 4.81. The molecule has 3 aliphatic rings. The van der Waals surface area contributed by atoms with Crippen LogP contribution in [0.25, 0.3) is 0 Å². The highest BCUT2D eigenvalue weighted by Crippen LogP contribution is 2.36. The molecule has 4 rings (SSSR count). The van der Waals surface area contributed by atoms with E-state index in [2.05, 4.69) is 40.1 Å². The van der Waals surface area contributed by atoms with Crippen LogP contribution in [-0.2, 0) is 11.3 Å². The lowest BCUT2D eigenvalue weighted by Crippen LogP contribution is -2.51. The van der Waals surface area contributed by atoms with E-state index in [0.717, 1.165) is 25.6 Å². The molecule has 2 heterocycles. The smallest absolute Gasteiger partial charge is 0.0809 e. The predicted octanol–water partition coefficient (Wildman–Crippen LogP) is 3.15. The van der Waals surface area contributed by atoms with E-state index in [1.54, 1.807) is 0 Å². The lowest BCUT2D eigenvalue weighted by Gasteiger charge is -2.41. The summed E-state index contributed by atoms with van der Waals surface area (Å²) in [4.78, 5) is 5.33. The van der Waals surface area contributed by atoms with Crippen LogP contribution < -0.4 is 0 Å². The van der Waals surface area contributed by atoms with E-state index >= 15 is 0 Å². The number of hydrogen-bond donors (Lipinski definition) is 0. The predicted molar refractivity (Wildman–Crippen MR) is 93.4 cm³/mol. The van der Waals surface area contributed by atoms with Gasteiger partial charge in [0, 0.05) is 32.7 Å². The number of benzene rings is 1. The highest BCUT2D eigenvalue weighted by Gasteiger charge is 2.39. The van der Waals surface area contributed by atoms with E-state index in [-0.39, 0.29) is 5.60 Å². The third-order valence-electron chi connectivity index (χ3n) is 5.98. The molecule has 1 aromatic rings. The van der Waals surface area contributed by atoms with Crippen LogP contribution in [0, 0.1) is 5.92 Å². The van der Waals surface area contributed by atoms with Crippen LogP contribution in [0.2, 0.25) is 0 Å². The molecule has 23 heavy (non-hydrogen) atoms. The summed E-state index contributed by atoms with van der Waals surface area (Å²) in [5, 5.41) is 0. The maximum absolute atomic E-state index is 6.17. The molecule has 1 aliphatic carbocycles. The first-order valence-electron chi connectivity index (χ1n) is 9.44. The van der Waals surface area contributed by atoms with Crippen molar-refractivity contribution in [3.63, 3.8) is 0 Å². The Morgan fingerprint density at radius 2 is 1.87 bits per heavy atom. The molecule has 2 saturated heterocycles. The maximum Gasteiger partial charge on any atom is 0.0809 e. The van der Waals surface area contributed by atoms with Crippen molar-refractivity contribution in [1.82, 2.24) is 9.80 Å². The largest absolute Gasteiger partial charge is 0.372 e. The molecule has 3 fully saturated rings. The Balaban J connectivity index is 1.27. The molecule has 126 valence electrons. The monoisotopic (exact) mass is 314 g/mol. The van der Waals surface area contributed by atoms with Crippen LogP contribution in [0.15, 0.2) is 30.3 Å². The van der Waals surface area contributed by atoms with Gasteiger partial charge in [0.05, 0.1) is 12.2 Å². The number of morpholine rings is 1. The van der Waals surface area contributed by atoms with Crippen LogP contribution in [0.3, 0.4) is 0 Å². The molecule has 0 radical (unpaired) electrons. The summed E-state index contributed by atoms with van der Waals surface area (Å²) in [6.45, 7) is 8.18. The molecular formula is C20H30N2O. The minimum Gasteiger partial charge on any atom is -0.372 e. The molecule has 1 atom stereocenters. The van der Waals surface area contributed by atoms with Gasteiger partial charge in [-0.3, -0.25) is 9.80 Å². The van der Waals surface area contributed by atoms with E-state index in [9.17, 15) is 0 Å². The van der Waals surface area contributed by atoms with Gasteiger partial charge in [0.1, 0.15) is 0 Å². The van der Waals surface area contributed by atoms with E-state index < -0.39 is 0 Å². The molecule has 0 bridgehead atoms. The van der Waals surface area contributed by atoms with Gasteiger partial charge in [-0.2, -0.15) is 0 Å². The molecule has 2 aliphatic heterocycles. The zero-order valence-corrected chi connectivity index (χ0v) is 14.3. The van der Waals surface area contributed by atoms with Gasteiger partial charge in [0.25, 0.3) is 0 Å². The van der Waals surface area contributed by atoms with Crippen LogP contribution >= 0.6 is 0 Å². The first kappa shape index (κ1) is 15.6. The van der Waals surface area contributed by atoms with Crippen molar-refractivity contribution in [3.05, 3.63) is 35.9 Å². The number of nitrogens with zero attached hydrogens (tertiary/aromatic N) is 2. The molecule has 1 aromatic carbocycles. The molecule has 0 amide bonds. The summed E-state index contributed by atoms with van der Waals surface area (Å²) < 4.78 is 6.17. The van der Waals surface area contributed by atoms with E-state index in [1.165, 1.54) is 63.8 Å². The molecule has 3 nitrogen and oxygen atoms in total. The minimum absolute atomic E-state index is 0.223. The summed E-state index contributed by atoms with van der Waals surface area (Å²) in [5.74, 6) is 0.843. The third-order valence-corrected chi connectivity index (χ3v) is 5.98. The first-order chi connectivity index (χ1) is 11.3. The number of rotatable bonds is 4. The van der Waals surface area contributed by atoms with Gasteiger partial charge < -0.3 is 4.74 Å². The zero-order chi connectivity index (χ0) is 15.5. The van der Waals surface area contributed by atoms with Gasteiger partial charge in [0.15, 0.2) is 0 Å². The summed E-state index contributed by atoms with van der Waals surface area (Å²) >= 11 is 0. The fraction of sp³-hybridized carbons (Fsp3) is 0.700. The van der Waals surface area contributed by atoms with Gasteiger partial charge >= 0.3 is 0 Å². The van der Waals surface area contributed by atoms with Crippen LogP contribution in [0.5, 0.6) is 0 Å². The topological polar surface area (TPSA) is 15.7 Å². The lowest BCUT2D eigenvalue weighted by atomic mass is 9.98. The highest BCUT2D eigenvalue weighted by atomic mass is 16.5. The maximum atomic E-state index is 6.17. The Labute approximate surface area is 140 Å². The molecular weight excluding hydrogens is 284 g/mol. The zero-order valence-electron chi connectivity index (χ0n) is 14.3. The van der Waals surface area contributed by atoms with Gasteiger partial charge in [-0.1, -0.05) is 43.2 Å². The third kappa shape index (κ3) is 3.78. The Bertz CT molecular complexity index is 498. The van der Waals surface area contributed by atoms with E-state index in [0.29, 0.717) is 0 Å². The normalized spacial score (nSPS) is 28.6. The summed E-state index contributed by atoms with van der Waals surface area (Å²) in [6.07, 6.45) is 6.66. The minimum atomic E-state index is 0.223. The van der Waals surface area contributed by atoms with Crippen molar-refractivity contribution < 1.29 is 4.74 Å². The number of hydrogen-bond acceptors (Lipinski definition) is 3. The first-order valence-corrected chi connectivity index (χ1v) is 9.44.